The molecular weight excluding hydrogens is 179 g/mol. The van der Waals surface area contributed by atoms with E-state index in [9.17, 15) is 0 Å². The summed E-state index contributed by atoms with van der Waals surface area (Å²) >= 11 is 0. The average Bonchev–Trinajstić information content (AvgIpc) is 2.08. The van der Waals surface area contributed by atoms with Gasteiger partial charge in [-0.05, 0) is 23.2 Å². The van der Waals surface area contributed by atoms with Crippen molar-refractivity contribution >= 4 is 9.24 Å². The average molecular weight is 196 g/mol. The van der Waals surface area contributed by atoms with Crippen molar-refractivity contribution in [1.29, 1.82) is 0 Å². The minimum Gasteiger partial charge on any atom is -0.271 e. The van der Waals surface area contributed by atoms with E-state index in [2.05, 4.69) is 45.9 Å². The molecule has 0 amide bonds. The Morgan fingerprint density at radius 2 is 1.85 bits per heavy atom. The van der Waals surface area contributed by atoms with Gasteiger partial charge in [0.05, 0.1) is 0 Å². The molecular formula is C10H17N2P. The minimum absolute atomic E-state index is 0.637. The first-order valence-corrected chi connectivity index (χ1v) is 5.16. The van der Waals surface area contributed by atoms with Crippen molar-refractivity contribution in [3.63, 3.8) is 0 Å². The van der Waals surface area contributed by atoms with E-state index in [1.54, 1.807) is 0 Å². The van der Waals surface area contributed by atoms with Gasteiger partial charge in [-0.2, -0.15) is 0 Å². The minimum atomic E-state index is 0.637. The third-order valence-corrected chi connectivity index (χ3v) is 2.12. The number of nitrogens with one attached hydrogen (secondary N) is 1. The van der Waals surface area contributed by atoms with E-state index >= 15 is 0 Å². The topological polar surface area (TPSA) is 38.0 Å². The van der Waals surface area contributed by atoms with Crippen LogP contribution in [0.15, 0.2) is 24.3 Å². The molecule has 0 heterocycles. The van der Waals surface area contributed by atoms with Crippen LogP contribution in [0.1, 0.15) is 18.1 Å². The number of hydrazine groups is 1. The van der Waals surface area contributed by atoms with Crippen molar-refractivity contribution in [2.45, 2.75) is 25.5 Å². The van der Waals surface area contributed by atoms with Crippen molar-refractivity contribution in [3.05, 3.63) is 35.4 Å². The molecule has 1 aromatic rings. The quantitative estimate of drug-likeness (QED) is 0.434. The third kappa shape index (κ3) is 3.86. The maximum atomic E-state index is 5.23. The van der Waals surface area contributed by atoms with Gasteiger partial charge in [0, 0.05) is 6.54 Å². The first-order chi connectivity index (χ1) is 6.22. The molecule has 13 heavy (non-hydrogen) atoms. The highest BCUT2D eigenvalue weighted by atomic mass is 31.0. The summed E-state index contributed by atoms with van der Waals surface area (Å²) in [6.45, 7) is 2.93. The fourth-order valence-corrected chi connectivity index (χ4v) is 1.55. The lowest BCUT2D eigenvalue weighted by molar-refractivity contribution is 0.741. The molecule has 0 aliphatic rings. The van der Waals surface area contributed by atoms with Crippen LogP contribution in [-0.2, 0) is 13.0 Å². The lowest BCUT2D eigenvalue weighted by Gasteiger charge is -2.05. The molecule has 2 unspecified atom stereocenters. The van der Waals surface area contributed by atoms with Gasteiger partial charge in [-0.25, -0.2) is 0 Å². The molecule has 2 atom stereocenters. The number of hydrogen-bond acceptors (Lipinski definition) is 2. The highest BCUT2D eigenvalue weighted by Crippen LogP contribution is 2.10. The Morgan fingerprint density at radius 1 is 1.31 bits per heavy atom. The highest BCUT2D eigenvalue weighted by Gasteiger charge is 1.97. The zero-order chi connectivity index (χ0) is 9.68. The molecule has 0 aliphatic carbocycles. The van der Waals surface area contributed by atoms with Crippen LogP contribution >= 0.6 is 9.24 Å². The summed E-state index contributed by atoms with van der Waals surface area (Å²) in [5.41, 5.74) is 5.88. The normalized spacial score (nSPS) is 12.8. The van der Waals surface area contributed by atoms with E-state index in [-0.39, 0.29) is 0 Å². The molecule has 0 spiro atoms. The Kier molecular flexibility index (Phi) is 4.37. The van der Waals surface area contributed by atoms with Crippen molar-refractivity contribution < 1.29 is 0 Å². The number of benzene rings is 1. The smallest absolute Gasteiger partial charge is 0.0348 e. The standard InChI is InChI=1S/C10H17N2P/c1-8(13)6-9-2-4-10(5-3-9)7-12-11/h2-5,8,12H,6-7,11,13H2,1H3. The van der Waals surface area contributed by atoms with Gasteiger partial charge in [0.1, 0.15) is 0 Å². The van der Waals surface area contributed by atoms with E-state index in [0.29, 0.717) is 5.66 Å². The van der Waals surface area contributed by atoms with Crippen LogP contribution in [-0.4, -0.2) is 5.66 Å². The SMILES string of the molecule is CC(P)Cc1ccc(CNN)cc1. The molecule has 0 bridgehead atoms. The Balaban J connectivity index is 2.59. The summed E-state index contributed by atoms with van der Waals surface area (Å²) in [6.07, 6.45) is 1.11. The van der Waals surface area contributed by atoms with Gasteiger partial charge < -0.3 is 0 Å². The van der Waals surface area contributed by atoms with Crippen LogP contribution in [0.2, 0.25) is 0 Å². The monoisotopic (exact) mass is 196 g/mol. The Hall–Kier alpha value is -0.430. The second-order valence-corrected chi connectivity index (χ2v) is 4.52. The predicted molar refractivity (Wildman–Crippen MR) is 60.3 cm³/mol. The second-order valence-electron chi connectivity index (χ2n) is 3.38. The summed E-state index contributed by atoms with van der Waals surface area (Å²) in [5, 5.41) is 0. The molecule has 0 saturated carbocycles. The molecule has 1 aromatic carbocycles. The van der Waals surface area contributed by atoms with E-state index in [0.717, 1.165) is 13.0 Å². The van der Waals surface area contributed by atoms with E-state index in [1.807, 2.05) is 0 Å². The molecule has 0 aliphatic heterocycles. The summed E-state index contributed by atoms with van der Waals surface area (Å²) in [4.78, 5) is 0. The third-order valence-electron chi connectivity index (χ3n) is 1.89. The summed E-state index contributed by atoms with van der Waals surface area (Å²) in [7, 11) is 2.81. The first-order valence-electron chi connectivity index (χ1n) is 4.49. The van der Waals surface area contributed by atoms with Crippen LogP contribution in [0.4, 0.5) is 0 Å². The van der Waals surface area contributed by atoms with Gasteiger partial charge in [0.25, 0.3) is 0 Å². The van der Waals surface area contributed by atoms with Crippen molar-refractivity contribution in [2.24, 2.45) is 5.84 Å². The van der Waals surface area contributed by atoms with Crippen molar-refractivity contribution in [1.82, 2.24) is 5.43 Å². The van der Waals surface area contributed by atoms with Gasteiger partial charge in [-0.3, -0.25) is 11.3 Å². The fourth-order valence-electron chi connectivity index (χ4n) is 1.28. The zero-order valence-electron chi connectivity index (χ0n) is 7.96. The van der Waals surface area contributed by atoms with E-state index in [1.165, 1.54) is 11.1 Å². The summed E-state index contributed by atoms with van der Waals surface area (Å²) in [6, 6.07) is 8.55. The van der Waals surface area contributed by atoms with Crippen LogP contribution in [0.25, 0.3) is 0 Å². The molecule has 72 valence electrons. The Bertz CT molecular complexity index is 244. The molecule has 3 heteroatoms. The molecule has 0 aromatic heterocycles. The van der Waals surface area contributed by atoms with E-state index < -0.39 is 0 Å². The summed E-state index contributed by atoms with van der Waals surface area (Å²) in [5.74, 6) is 5.23. The number of hydrogen-bond donors (Lipinski definition) is 2. The molecule has 2 nitrogen and oxygen atoms in total. The zero-order valence-corrected chi connectivity index (χ0v) is 9.11. The van der Waals surface area contributed by atoms with Gasteiger partial charge in [-0.1, -0.05) is 31.2 Å². The maximum absolute atomic E-state index is 5.23. The van der Waals surface area contributed by atoms with Gasteiger partial charge in [0.15, 0.2) is 0 Å². The molecule has 0 saturated heterocycles. The highest BCUT2D eigenvalue weighted by molar-refractivity contribution is 7.17. The first kappa shape index (κ1) is 10.6. The van der Waals surface area contributed by atoms with Gasteiger partial charge in [0.2, 0.25) is 0 Å². The van der Waals surface area contributed by atoms with E-state index in [4.69, 9.17) is 5.84 Å². The Morgan fingerprint density at radius 3 is 2.31 bits per heavy atom. The fraction of sp³-hybridized carbons (Fsp3) is 0.400. The predicted octanol–water partition coefficient (Wildman–Crippen LogP) is 1.46. The second kappa shape index (κ2) is 5.33. The van der Waals surface area contributed by atoms with Gasteiger partial charge in [-0.15, -0.1) is 9.24 Å². The van der Waals surface area contributed by atoms with Gasteiger partial charge >= 0.3 is 0 Å². The van der Waals surface area contributed by atoms with Crippen LogP contribution < -0.4 is 11.3 Å². The lowest BCUT2D eigenvalue weighted by Crippen LogP contribution is -2.20. The summed E-state index contributed by atoms with van der Waals surface area (Å²) < 4.78 is 0. The largest absolute Gasteiger partial charge is 0.271 e. The molecule has 0 radical (unpaired) electrons. The van der Waals surface area contributed by atoms with Crippen LogP contribution in [0, 0.1) is 0 Å². The Labute approximate surface area is 82.1 Å². The van der Waals surface area contributed by atoms with Crippen molar-refractivity contribution in [3.8, 4) is 0 Å². The maximum Gasteiger partial charge on any atom is 0.0348 e. The molecule has 0 fully saturated rings. The van der Waals surface area contributed by atoms with Crippen LogP contribution in [0.5, 0.6) is 0 Å². The lowest BCUT2D eigenvalue weighted by atomic mass is 10.1. The molecule has 3 N–H and O–H groups in total. The number of nitrogens with two attached hydrogens (primary N) is 1. The number of rotatable bonds is 4. The van der Waals surface area contributed by atoms with Crippen LogP contribution in [0.3, 0.4) is 0 Å². The molecule has 1 rings (SSSR count). The van der Waals surface area contributed by atoms with Crippen molar-refractivity contribution in [2.75, 3.05) is 0 Å².